The summed E-state index contributed by atoms with van der Waals surface area (Å²) < 4.78 is 0. The molecule has 0 atom stereocenters. The van der Waals surface area contributed by atoms with Crippen LogP contribution in [0.15, 0.2) is 48.8 Å². The maximum absolute atomic E-state index is 6.17. The van der Waals surface area contributed by atoms with Crippen LogP contribution in [0.1, 0.15) is 5.56 Å². The largest absolute Gasteiger partial charge is 0.357 e. The van der Waals surface area contributed by atoms with E-state index in [0.717, 1.165) is 22.5 Å². The van der Waals surface area contributed by atoms with Crippen molar-refractivity contribution >= 4 is 29.1 Å². The Hall–Kier alpha value is -2.66. The number of nitrogens with one attached hydrogen (secondary N) is 2. The summed E-state index contributed by atoms with van der Waals surface area (Å²) in [7, 11) is 1.79. The molecule has 0 aliphatic heterocycles. The number of anilines is 3. The zero-order valence-corrected chi connectivity index (χ0v) is 13.6. The predicted molar refractivity (Wildman–Crippen MR) is 94.3 cm³/mol. The summed E-state index contributed by atoms with van der Waals surface area (Å²) in [6, 6.07) is 11.5. The van der Waals surface area contributed by atoms with Gasteiger partial charge in [0.1, 0.15) is 5.82 Å². The topological polar surface area (TPSA) is 62.7 Å². The van der Waals surface area contributed by atoms with Crippen molar-refractivity contribution in [2.75, 3.05) is 17.7 Å². The maximum atomic E-state index is 6.17. The van der Waals surface area contributed by atoms with Gasteiger partial charge in [0.25, 0.3) is 0 Å². The van der Waals surface area contributed by atoms with Crippen LogP contribution in [0.2, 0.25) is 5.02 Å². The van der Waals surface area contributed by atoms with Crippen LogP contribution < -0.4 is 10.6 Å². The van der Waals surface area contributed by atoms with Crippen LogP contribution in [0.5, 0.6) is 0 Å². The monoisotopic (exact) mass is 325 g/mol. The standard InChI is InChI=1S/C17H16ClN5/c1-11-3-4-13(9-14(11)18)21-16-10-15(22-17(19-2)23-16)12-5-7-20-8-6-12/h3-10H,1-2H3,(H2,19,21,22,23). The first-order chi connectivity index (χ1) is 11.2. The lowest BCUT2D eigenvalue weighted by molar-refractivity contribution is 1.15. The molecule has 116 valence electrons. The Morgan fingerprint density at radius 2 is 1.78 bits per heavy atom. The third-order valence-electron chi connectivity index (χ3n) is 3.37. The molecule has 5 nitrogen and oxygen atoms in total. The van der Waals surface area contributed by atoms with Crippen molar-refractivity contribution in [2.45, 2.75) is 6.92 Å². The first kappa shape index (κ1) is 15.2. The average molecular weight is 326 g/mol. The molecule has 0 aliphatic rings. The Morgan fingerprint density at radius 3 is 2.48 bits per heavy atom. The van der Waals surface area contributed by atoms with E-state index < -0.39 is 0 Å². The van der Waals surface area contributed by atoms with Gasteiger partial charge in [-0.1, -0.05) is 17.7 Å². The minimum Gasteiger partial charge on any atom is -0.357 e. The van der Waals surface area contributed by atoms with E-state index in [4.69, 9.17) is 11.6 Å². The number of benzene rings is 1. The van der Waals surface area contributed by atoms with Crippen LogP contribution in [0.4, 0.5) is 17.5 Å². The molecule has 0 radical (unpaired) electrons. The van der Waals surface area contributed by atoms with Crippen molar-refractivity contribution in [3.8, 4) is 11.3 Å². The fourth-order valence-corrected chi connectivity index (χ4v) is 2.29. The van der Waals surface area contributed by atoms with Gasteiger partial charge in [0.15, 0.2) is 0 Å². The van der Waals surface area contributed by atoms with Crippen molar-refractivity contribution in [2.24, 2.45) is 0 Å². The molecule has 2 heterocycles. The molecule has 2 aromatic heterocycles. The lowest BCUT2D eigenvalue weighted by Gasteiger charge is -2.10. The molecule has 0 saturated heterocycles. The number of hydrogen-bond donors (Lipinski definition) is 2. The van der Waals surface area contributed by atoms with Gasteiger partial charge in [-0.05, 0) is 36.8 Å². The summed E-state index contributed by atoms with van der Waals surface area (Å²) in [4.78, 5) is 12.9. The molecule has 0 bridgehead atoms. The van der Waals surface area contributed by atoms with Gasteiger partial charge >= 0.3 is 0 Å². The highest BCUT2D eigenvalue weighted by Crippen LogP contribution is 2.25. The fourth-order valence-electron chi connectivity index (χ4n) is 2.11. The van der Waals surface area contributed by atoms with Gasteiger partial charge in [0, 0.05) is 41.8 Å². The van der Waals surface area contributed by atoms with Crippen LogP contribution in [0.25, 0.3) is 11.3 Å². The Morgan fingerprint density at radius 1 is 1.00 bits per heavy atom. The van der Waals surface area contributed by atoms with Gasteiger partial charge in [-0.25, -0.2) is 4.98 Å². The van der Waals surface area contributed by atoms with Crippen LogP contribution in [-0.2, 0) is 0 Å². The van der Waals surface area contributed by atoms with Crippen molar-refractivity contribution in [3.63, 3.8) is 0 Å². The number of pyridine rings is 1. The molecule has 23 heavy (non-hydrogen) atoms. The SMILES string of the molecule is CNc1nc(Nc2ccc(C)c(Cl)c2)cc(-c2ccncc2)n1. The van der Waals surface area contributed by atoms with E-state index in [1.54, 1.807) is 19.4 Å². The van der Waals surface area contributed by atoms with Crippen molar-refractivity contribution in [1.82, 2.24) is 15.0 Å². The van der Waals surface area contributed by atoms with E-state index in [1.165, 1.54) is 0 Å². The molecule has 0 fully saturated rings. The highest BCUT2D eigenvalue weighted by Gasteiger charge is 2.07. The van der Waals surface area contributed by atoms with Crippen LogP contribution in [-0.4, -0.2) is 22.0 Å². The molecule has 2 N–H and O–H groups in total. The normalized spacial score (nSPS) is 10.4. The highest BCUT2D eigenvalue weighted by atomic mass is 35.5. The molecule has 1 aromatic carbocycles. The number of hydrogen-bond acceptors (Lipinski definition) is 5. The molecule has 0 aliphatic carbocycles. The van der Waals surface area contributed by atoms with E-state index in [9.17, 15) is 0 Å². The average Bonchev–Trinajstić information content (AvgIpc) is 2.58. The lowest BCUT2D eigenvalue weighted by atomic mass is 10.2. The fraction of sp³-hybridized carbons (Fsp3) is 0.118. The number of aromatic nitrogens is 3. The van der Waals surface area contributed by atoms with Crippen molar-refractivity contribution in [1.29, 1.82) is 0 Å². The third-order valence-corrected chi connectivity index (χ3v) is 3.78. The number of halogens is 1. The van der Waals surface area contributed by atoms with Gasteiger partial charge in [0.05, 0.1) is 5.69 Å². The molecule has 0 amide bonds. The van der Waals surface area contributed by atoms with Crippen molar-refractivity contribution in [3.05, 3.63) is 59.4 Å². The van der Waals surface area contributed by atoms with Gasteiger partial charge in [-0.15, -0.1) is 0 Å². The van der Waals surface area contributed by atoms with E-state index in [1.807, 2.05) is 43.3 Å². The third kappa shape index (κ3) is 3.57. The molecule has 0 unspecified atom stereocenters. The van der Waals surface area contributed by atoms with Gasteiger partial charge in [-0.2, -0.15) is 4.98 Å². The van der Waals surface area contributed by atoms with Crippen molar-refractivity contribution < 1.29 is 0 Å². The second-order valence-electron chi connectivity index (χ2n) is 5.04. The number of aryl methyl sites for hydroxylation is 1. The van der Waals surface area contributed by atoms with Gasteiger partial charge in [0.2, 0.25) is 5.95 Å². The summed E-state index contributed by atoms with van der Waals surface area (Å²) in [5.74, 6) is 1.23. The quantitative estimate of drug-likeness (QED) is 0.749. The summed E-state index contributed by atoms with van der Waals surface area (Å²) >= 11 is 6.17. The minimum atomic E-state index is 0.542. The summed E-state index contributed by atoms with van der Waals surface area (Å²) in [6.07, 6.45) is 3.48. The van der Waals surface area contributed by atoms with Gasteiger partial charge < -0.3 is 10.6 Å². The Kier molecular flexibility index (Phi) is 4.39. The Balaban J connectivity index is 1.97. The van der Waals surface area contributed by atoms with E-state index in [-0.39, 0.29) is 0 Å². The molecular weight excluding hydrogens is 310 g/mol. The molecule has 3 aromatic rings. The molecule has 0 saturated carbocycles. The smallest absolute Gasteiger partial charge is 0.224 e. The van der Waals surface area contributed by atoms with Crippen LogP contribution in [0.3, 0.4) is 0 Å². The first-order valence-electron chi connectivity index (χ1n) is 7.16. The van der Waals surface area contributed by atoms with E-state index in [2.05, 4.69) is 25.6 Å². The lowest BCUT2D eigenvalue weighted by Crippen LogP contribution is -2.02. The highest BCUT2D eigenvalue weighted by molar-refractivity contribution is 6.31. The van der Waals surface area contributed by atoms with Crippen LogP contribution >= 0.6 is 11.6 Å². The molecular formula is C17H16ClN5. The number of nitrogens with zero attached hydrogens (tertiary/aromatic N) is 3. The zero-order chi connectivity index (χ0) is 16.2. The zero-order valence-electron chi connectivity index (χ0n) is 12.8. The van der Waals surface area contributed by atoms with Gasteiger partial charge in [-0.3, -0.25) is 4.98 Å². The molecule has 6 heteroatoms. The number of rotatable bonds is 4. The summed E-state index contributed by atoms with van der Waals surface area (Å²) in [5.41, 5.74) is 3.70. The Labute approximate surface area is 139 Å². The molecule has 0 spiro atoms. The summed E-state index contributed by atoms with van der Waals surface area (Å²) in [6.45, 7) is 1.97. The second-order valence-corrected chi connectivity index (χ2v) is 5.44. The van der Waals surface area contributed by atoms with E-state index in [0.29, 0.717) is 16.8 Å². The first-order valence-corrected chi connectivity index (χ1v) is 7.54. The predicted octanol–water partition coefficient (Wildman–Crippen LogP) is 4.29. The van der Waals surface area contributed by atoms with Crippen LogP contribution in [0, 0.1) is 6.92 Å². The second kappa shape index (κ2) is 6.62. The molecule has 3 rings (SSSR count). The minimum absolute atomic E-state index is 0.542. The maximum Gasteiger partial charge on any atom is 0.224 e. The Bertz CT molecular complexity index is 820. The summed E-state index contributed by atoms with van der Waals surface area (Å²) in [5, 5.41) is 6.96. The van der Waals surface area contributed by atoms with E-state index >= 15 is 0 Å².